The summed E-state index contributed by atoms with van der Waals surface area (Å²) in [5.74, 6) is -0.584. The highest BCUT2D eigenvalue weighted by molar-refractivity contribution is 5.81. The molecular weight excluding hydrogens is 217 g/mol. The quantitative estimate of drug-likeness (QED) is 0.409. The Morgan fingerprint density at radius 3 is 2.47 bits per heavy atom. The van der Waals surface area contributed by atoms with E-state index in [9.17, 15) is 18.0 Å². The van der Waals surface area contributed by atoms with Gasteiger partial charge in [0.15, 0.2) is 6.40 Å². The summed E-state index contributed by atoms with van der Waals surface area (Å²) >= 11 is 0. The predicted molar refractivity (Wildman–Crippen MR) is 44.9 cm³/mol. The van der Waals surface area contributed by atoms with Gasteiger partial charge in [-0.15, -0.1) is 13.2 Å². The van der Waals surface area contributed by atoms with Crippen LogP contribution >= 0.6 is 0 Å². The van der Waals surface area contributed by atoms with Crippen LogP contribution in [0.15, 0.2) is 4.99 Å². The second kappa shape index (κ2) is 5.54. The third kappa shape index (κ3) is 5.89. The maximum atomic E-state index is 11.5. The third-order valence-corrected chi connectivity index (χ3v) is 1.41. The van der Waals surface area contributed by atoms with E-state index in [1.54, 1.807) is 0 Å². The third-order valence-electron chi connectivity index (χ3n) is 1.41. The predicted octanol–water partition coefficient (Wildman–Crippen LogP) is 0.959. The molecule has 1 atom stereocenters. The molecule has 8 heteroatoms. The van der Waals surface area contributed by atoms with Crippen molar-refractivity contribution in [1.29, 1.82) is 0 Å². The maximum absolute atomic E-state index is 11.5. The van der Waals surface area contributed by atoms with E-state index in [1.165, 1.54) is 21.1 Å². The van der Waals surface area contributed by atoms with Crippen LogP contribution in [0.25, 0.3) is 0 Å². The first-order valence-corrected chi connectivity index (χ1v) is 3.85. The molecule has 15 heavy (non-hydrogen) atoms. The van der Waals surface area contributed by atoms with Crippen LogP contribution in [0, 0.1) is 0 Å². The number of likely N-dealkylation sites (N-methyl/N-ethyl adjacent to an activating group) is 1. The van der Waals surface area contributed by atoms with Crippen molar-refractivity contribution in [3.05, 3.63) is 0 Å². The minimum atomic E-state index is -4.79. The molecule has 0 aliphatic heterocycles. The zero-order valence-electron chi connectivity index (χ0n) is 8.41. The van der Waals surface area contributed by atoms with Crippen LogP contribution in [0.1, 0.15) is 6.92 Å². The van der Waals surface area contributed by atoms with Gasteiger partial charge in [0.2, 0.25) is 0 Å². The number of aliphatic imine (C=N–C) groups is 1. The van der Waals surface area contributed by atoms with Crippen LogP contribution < -0.4 is 0 Å². The smallest absolute Gasteiger partial charge is 0.395 e. The lowest BCUT2D eigenvalue weighted by Crippen LogP contribution is -2.33. The Hall–Kier alpha value is -1.31. The van der Waals surface area contributed by atoms with Crippen molar-refractivity contribution < 1.29 is 27.5 Å². The fourth-order valence-electron chi connectivity index (χ4n) is 0.598. The number of nitrogens with zero attached hydrogens (tertiary/aromatic N) is 2. The number of amides is 1. The Kier molecular flexibility index (Phi) is 5.06. The number of rotatable bonds is 4. The van der Waals surface area contributed by atoms with Gasteiger partial charge in [-0.3, -0.25) is 9.63 Å². The molecule has 0 N–H and O–H groups in total. The summed E-state index contributed by atoms with van der Waals surface area (Å²) in [6, 6.07) is -1.00. The molecule has 0 aromatic rings. The number of halogens is 3. The van der Waals surface area contributed by atoms with E-state index >= 15 is 0 Å². The lowest BCUT2D eigenvalue weighted by molar-refractivity contribution is -0.280. The van der Waals surface area contributed by atoms with E-state index in [-0.39, 0.29) is 6.40 Å². The van der Waals surface area contributed by atoms with E-state index in [0.717, 1.165) is 5.06 Å². The van der Waals surface area contributed by atoms with E-state index in [1.807, 2.05) is 0 Å². The average Bonchev–Trinajstić information content (AvgIpc) is 2.13. The van der Waals surface area contributed by atoms with Gasteiger partial charge in [-0.05, 0) is 6.92 Å². The number of hydrogen-bond donors (Lipinski definition) is 0. The fourth-order valence-corrected chi connectivity index (χ4v) is 0.598. The van der Waals surface area contributed by atoms with Crippen molar-refractivity contribution in [2.75, 3.05) is 14.2 Å². The summed E-state index contributed by atoms with van der Waals surface area (Å²) in [5, 5.41) is 0.857. The molecule has 0 saturated heterocycles. The van der Waals surface area contributed by atoms with E-state index in [0.29, 0.717) is 0 Å². The molecule has 0 bridgehead atoms. The van der Waals surface area contributed by atoms with Crippen LogP contribution in [-0.2, 0) is 14.4 Å². The van der Waals surface area contributed by atoms with Crippen molar-refractivity contribution in [1.82, 2.24) is 5.06 Å². The molecule has 0 saturated carbocycles. The highest BCUT2D eigenvalue weighted by Gasteiger charge is 2.29. The van der Waals surface area contributed by atoms with Gasteiger partial charge in [0, 0.05) is 7.05 Å². The Morgan fingerprint density at radius 1 is 1.53 bits per heavy atom. The monoisotopic (exact) mass is 228 g/mol. The first kappa shape index (κ1) is 13.7. The van der Waals surface area contributed by atoms with Crippen molar-refractivity contribution in [3.63, 3.8) is 0 Å². The zero-order valence-corrected chi connectivity index (χ0v) is 8.41. The van der Waals surface area contributed by atoms with Gasteiger partial charge in [-0.2, -0.15) is 0 Å². The molecule has 0 rings (SSSR count). The lowest BCUT2D eigenvalue weighted by atomic mass is 10.3. The molecule has 0 aromatic heterocycles. The van der Waals surface area contributed by atoms with E-state index in [2.05, 4.69) is 14.6 Å². The molecule has 5 nitrogen and oxygen atoms in total. The van der Waals surface area contributed by atoms with Gasteiger partial charge in [-0.25, -0.2) is 10.1 Å². The van der Waals surface area contributed by atoms with Gasteiger partial charge in [0.05, 0.1) is 7.11 Å². The second-order valence-corrected chi connectivity index (χ2v) is 2.51. The summed E-state index contributed by atoms with van der Waals surface area (Å²) in [6.45, 7) is 1.31. The number of alkyl halides is 3. The fraction of sp³-hybridized carbons (Fsp3) is 0.714. The van der Waals surface area contributed by atoms with Crippen LogP contribution in [0.5, 0.6) is 0 Å². The minimum absolute atomic E-state index is 0.187. The minimum Gasteiger partial charge on any atom is -0.395 e. The molecule has 0 fully saturated rings. The first-order chi connectivity index (χ1) is 6.78. The highest BCUT2D eigenvalue weighted by Crippen LogP contribution is 2.14. The van der Waals surface area contributed by atoms with Crippen LogP contribution in [0.4, 0.5) is 13.2 Å². The molecule has 1 amide bonds. The van der Waals surface area contributed by atoms with Gasteiger partial charge in [0.25, 0.3) is 5.91 Å². The number of ether oxygens (including phenoxy) is 1. The number of carbonyl (C=O) groups excluding carboxylic acids is 1. The van der Waals surface area contributed by atoms with Crippen molar-refractivity contribution >= 4 is 12.3 Å². The number of carbonyl (C=O) groups is 1. The van der Waals surface area contributed by atoms with E-state index in [4.69, 9.17) is 0 Å². The number of hydrogen-bond acceptors (Lipinski definition) is 4. The Bertz CT molecular complexity index is 242. The molecule has 0 aliphatic rings. The van der Waals surface area contributed by atoms with Crippen LogP contribution in [0.3, 0.4) is 0 Å². The van der Waals surface area contributed by atoms with Crippen LogP contribution in [0.2, 0.25) is 0 Å². The topological polar surface area (TPSA) is 51.1 Å². The van der Waals surface area contributed by atoms with Gasteiger partial charge in [0.1, 0.15) is 6.04 Å². The number of hydroxylamine groups is 2. The van der Waals surface area contributed by atoms with Crippen molar-refractivity contribution in [3.8, 4) is 0 Å². The molecule has 0 unspecified atom stereocenters. The zero-order chi connectivity index (χ0) is 12.1. The lowest BCUT2D eigenvalue weighted by Gasteiger charge is -2.15. The Labute approximate surface area is 84.4 Å². The van der Waals surface area contributed by atoms with Gasteiger partial charge >= 0.3 is 6.36 Å². The summed E-state index contributed by atoms with van der Waals surface area (Å²) in [5.41, 5.74) is 0. The van der Waals surface area contributed by atoms with Crippen LogP contribution in [-0.4, -0.2) is 43.9 Å². The molecular formula is C7H11F3N2O3. The standard InChI is InChI=1S/C7H11F3N2O3/c1-5(6(13)12(2)14-3)11-4-15-7(8,9)10/h4-5H,1-3H3/t5-/m0/s1. The highest BCUT2D eigenvalue weighted by atomic mass is 19.4. The molecule has 0 aromatic carbocycles. The summed E-state index contributed by atoms with van der Waals surface area (Å²) in [6.07, 6.45) is -4.61. The first-order valence-electron chi connectivity index (χ1n) is 3.85. The Morgan fingerprint density at radius 2 is 2.07 bits per heavy atom. The van der Waals surface area contributed by atoms with Crippen molar-refractivity contribution in [2.45, 2.75) is 19.3 Å². The summed E-state index contributed by atoms with van der Waals surface area (Å²) in [4.78, 5) is 18.9. The molecule has 88 valence electrons. The Balaban J connectivity index is 4.13. The van der Waals surface area contributed by atoms with Gasteiger partial charge < -0.3 is 4.74 Å². The second-order valence-electron chi connectivity index (χ2n) is 2.51. The molecule has 0 spiro atoms. The van der Waals surface area contributed by atoms with Crippen molar-refractivity contribution in [2.24, 2.45) is 4.99 Å². The normalized spacial score (nSPS) is 14.0. The molecule has 0 aliphatic carbocycles. The molecule has 0 radical (unpaired) electrons. The average molecular weight is 228 g/mol. The summed E-state index contributed by atoms with van der Waals surface area (Å²) in [7, 11) is 2.57. The maximum Gasteiger partial charge on any atom is 0.573 e. The van der Waals surface area contributed by atoms with E-state index < -0.39 is 18.3 Å². The van der Waals surface area contributed by atoms with Gasteiger partial charge in [-0.1, -0.05) is 0 Å². The summed E-state index contributed by atoms with van der Waals surface area (Å²) < 4.78 is 37.8. The molecule has 0 heterocycles. The SMILES string of the molecule is CON(C)C(=O)[C@H](C)N=COC(F)(F)F. The largest absolute Gasteiger partial charge is 0.573 e.